The molecule has 0 saturated heterocycles. The third-order valence-electron chi connectivity index (χ3n) is 4.03. The van der Waals surface area contributed by atoms with Crippen LogP contribution >= 0.6 is 0 Å². The van der Waals surface area contributed by atoms with Gasteiger partial charge in [-0.25, -0.2) is 0 Å². The van der Waals surface area contributed by atoms with Crippen LogP contribution in [0, 0.1) is 10.8 Å². The standard InChI is InChI=1S/C17H26N2/c1-4-5-8-11-17(2,3)13-19-12-14-9-6-7-10-15(14)16(19)18/h6-7,9-10,18H,4-5,8,11-13H2,1-3H3. The van der Waals surface area contributed by atoms with Crippen LogP contribution in [0.2, 0.25) is 0 Å². The fraction of sp³-hybridized carbons (Fsp3) is 0.588. The van der Waals surface area contributed by atoms with E-state index in [1.54, 1.807) is 0 Å². The van der Waals surface area contributed by atoms with Crippen LogP contribution in [0.15, 0.2) is 24.3 Å². The van der Waals surface area contributed by atoms with E-state index in [2.05, 4.69) is 43.9 Å². The molecule has 0 aromatic heterocycles. The van der Waals surface area contributed by atoms with Crippen LogP contribution in [0.1, 0.15) is 57.6 Å². The van der Waals surface area contributed by atoms with Crippen molar-refractivity contribution in [1.82, 2.24) is 4.90 Å². The number of benzene rings is 1. The second-order valence-electron chi connectivity index (χ2n) is 6.48. The summed E-state index contributed by atoms with van der Waals surface area (Å²) in [7, 11) is 0. The maximum Gasteiger partial charge on any atom is 0.128 e. The molecule has 0 unspecified atom stereocenters. The van der Waals surface area contributed by atoms with Crippen molar-refractivity contribution >= 4 is 5.84 Å². The highest BCUT2D eigenvalue weighted by Gasteiger charge is 2.28. The van der Waals surface area contributed by atoms with E-state index >= 15 is 0 Å². The average Bonchev–Trinajstić information content (AvgIpc) is 2.66. The largest absolute Gasteiger partial charge is 0.352 e. The van der Waals surface area contributed by atoms with Gasteiger partial charge in [-0.2, -0.15) is 0 Å². The minimum atomic E-state index is 0.295. The van der Waals surface area contributed by atoms with Gasteiger partial charge in [0.1, 0.15) is 5.84 Å². The Labute approximate surface area is 117 Å². The van der Waals surface area contributed by atoms with E-state index in [1.165, 1.54) is 31.2 Å². The first-order chi connectivity index (χ1) is 9.03. The molecule has 0 saturated carbocycles. The van der Waals surface area contributed by atoms with Gasteiger partial charge >= 0.3 is 0 Å². The molecule has 2 heteroatoms. The molecule has 2 nitrogen and oxygen atoms in total. The van der Waals surface area contributed by atoms with Crippen molar-refractivity contribution in [3.8, 4) is 0 Å². The minimum Gasteiger partial charge on any atom is -0.352 e. The predicted molar refractivity (Wildman–Crippen MR) is 81.6 cm³/mol. The Morgan fingerprint density at radius 1 is 1.21 bits per heavy atom. The smallest absolute Gasteiger partial charge is 0.128 e. The van der Waals surface area contributed by atoms with Crippen molar-refractivity contribution in [2.75, 3.05) is 6.54 Å². The van der Waals surface area contributed by atoms with Crippen LogP contribution in [-0.4, -0.2) is 17.3 Å². The lowest BCUT2D eigenvalue weighted by atomic mass is 9.86. The summed E-state index contributed by atoms with van der Waals surface area (Å²) in [5.41, 5.74) is 2.72. The van der Waals surface area contributed by atoms with Crippen LogP contribution < -0.4 is 0 Å². The number of amidine groups is 1. The Morgan fingerprint density at radius 3 is 2.63 bits per heavy atom. The van der Waals surface area contributed by atoms with Crippen molar-refractivity contribution in [3.63, 3.8) is 0 Å². The quantitative estimate of drug-likeness (QED) is 0.751. The first kappa shape index (κ1) is 14.1. The highest BCUT2D eigenvalue weighted by atomic mass is 15.2. The topological polar surface area (TPSA) is 27.1 Å². The van der Waals surface area contributed by atoms with Gasteiger partial charge < -0.3 is 4.90 Å². The summed E-state index contributed by atoms with van der Waals surface area (Å²) in [6.07, 6.45) is 5.15. The van der Waals surface area contributed by atoms with Crippen LogP contribution in [0.4, 0.5) is 0 Å². The third kappa shape index (κ3) is 3.37. The minimum absolute atomic E-state index is 0.295. The van der Waals surface area contributed by atoms with Crippen molar-refractivity contribution in [2.24, 2.45) is 5.41 Å². The van der Waals surface area contributed by atoms with E-state index in [1.807, 2.05) is 6.07 Å². The maximum absolute atomic E-state index is 8.31. The number of fused-ring (bicyclic) bond motifs is 1. The van der Waals surface area contributed by atoms with Crippen molar-refractivity contribution in [3.05, 3.63) is 35.4 Å². The van der Waals surface area contributed by atoms with E-state index < -0.39 is 0 Å². The van der Waals surface area contributed by atoms with E-state index in [4.69, 9.17) is 5.41 Å². The van der Waals surface area contributed by atoms with Gasteiger partial charge in [-0.1, -0.05) is 64.3 Å². The molecule has 0 radical (unpaired) electrons. The molecule has 0 amide bonds. The first-order valence-electron chi connectivity index (χ1n) is 7.45. The van der Waals surface area contributed by atoms with Gasteiger partial charge in [0.05, 0.1) is 0 Å². The lowest BCUT2D eigenvalue weighted by Crippen LogP contribution is -2.34. The molecule has 1 heterocycles. The monoisotopic (exact) mass is 258 g/mol. The fourth-order valence-corrected chi connectivity index (χ4v) is 2.93. The molecule has 0 fully saturated rings. The molecule has 0 spiro atoms. The molecule has 1 N–H and O–H groups in total. The fourth-order valence-electron chi connectivity index (χ4n) is 2.93. The molecule has 1 aliphatic rings. The molecule has 1 aliphatic heterocycles. The van der Waals surface area contributed by atoms with Crippen LogP contribution in [-0.2, 0) is 6.54 Å². The molecule has 1 aromatic rings. The summed E-state index contributed by atoms with van der Waals surface area (Å²) in [4.78, 5) is 2.23. The lowest BCUT2D eigenvalue weighted by molar-refractivity contribution is 0.230. The van der Waals surface area contributed by atoms with Crippen LogP contribution in [0.5, 0.6) is 0 Å². The predicted octanol–water partition coefficient (Wildman–Crippen LogP) is 4.43. The average molecular weight is 258 g/mol. The molecule has 104 valence electrons. The van der Waals surface area contributed by atoms with Gasteiger partial charge in [-0.15, -0.1) is 0 Å². The van der Waals surface area contributed by atoms with Crippen molar-refractivity contribution in [2.45, 2.75) is 53.0 Å². The Morgan fingerprint density at radius 2 is 1.95 bits per heavy atom. The number of nitrogens with one attached hydrogen (secondary N) is 1. The second kappa shape index (κ2) is 5.77. The number of unbranched alkanes of at least 4 members (excludes halogenated alkanes) is 2. The van der Waals surface area contributed by atoms with Gasteiger partial charge in [0.15, 0.2) is 0 Å². The zero-order valence-electron chi connectivity index (χ0n) is 12.5. The van der Waals surface area contributed by atoms with Crippen LogP contribution in [0.25, 0.3) is 0 Å². The second-order valence-corrected chi connectivity index (χ2v) is 6.48. The van der Waals surface area contributed by atoms with Gasteiger partial charge in [0.2, 0.25) is 0 Å². The van der Waals surface area contributed by atoms with Gasteiger partial charge in [-0.05, 0) is 17.4 Å². The SMILES string of the molecule is CCCCCC(C)(C)CN1Cc2ccccc2C1=N. The van der Waals surface area contributed by atoms with Gasteiger partial charge in [-0.3, -0.25) is 5.41 Å². The Hall–Kier alpha value is -1.31. The summed E-state index contributed by atoms with van der Waals surface area (Å²) in [6, 6.07) is 8.32. The van der Waals surface area contributed by atoms with E-state index in [-0.39, 0.29) is 0 Å². The highest BCUT2D eigenvalue weighted by Crippen LogP contribution is 2.30. The molecule has 2 rings (SSSR count). The summed E-state index contributed by atoms with van der Waals surface area (Å²) in [5, 5.41) is 8.31. The number of hydrogen-bond donors (Lipinski definition) is 1. The van der Waals surface area contributed by atoms with Crippen LogP contribution in [0.3, 0.4) is 0 Å². The highest BCUT2D eigenvalue weighted by molar-refractivity contribution is 6.00. The lowest BCUT2D eigenvalue weighted by Gasteiger charge is -2.31. The van der Waals surface area contributed by atoms with Gasteiger partial charge in [0, 0.05) is 18.7 Å². The van der Waals surface area contributed by atoms with Crippen molar-refractivity contribution in [1.29, 1.82) is 5.41 Å². The van der Waals surface area contributed by atoms with E-state index in [9.17, 15) is 0 Å². The first-order valence-corrected chi connectivity index (χ1v) is 7.45. The molecule has 0 bridgehead atoms. The summed E-state index contributed by atoms with van der Waals surface area (Å²) < 4.78 is 0. The molecule has 1 aromatic carbocycles. The summed E-state index contributed by atoms with van der Waals surface area (Å²) >= 11 is 0. The number of hydrogen-bond acceptors (Lipinski definition) is 1. The molecule has 0 atom stereocenters. The summed E-state index contributed by atoms with van der Waals surface area (Å²) in [6.45, 7) is 8.81. The molecule has 0 aliphatic carbocycles. The number of nitrogens with zero attached hydrogens (tertiary/aromatic N) is 1. The normalized spacial score (nSPS) is 14.9. The zero-order chi connectivity index (χ0) is 13.9. The van der Waals surface area contributed by atoms with Gasteiger partial charge in [0.25, 0.3) is 0 Å². The summed E-state index contributed by atoms with van der Waals surface area (Å²) in [5.74, 6) is 0.708. The Kier molecular flexibility index (Phi) is 4.28. The third-order valence-corrected chi connectivity index (χ3v) is 4.03. The Balaban J connectivity index is 1.96. The molecular weight excluding hydrogens is 232 g/mol. The van der Waals surface area contributed by atoms with Crippen molar-refractivity contribution < 1.29 is 0 Å². The Bertz CT molecular complexity index is 448. The zero-order valence-corrected chi connectivity index (χ0v) is 12.5. The maximum atomic E-state index is 8.31. The van der Waals surface area contributed by atoms with E-state index in [0.29, 0.717) is 11.3 Å². The molecular formula is C17H26N2. The van der Waals surface area contributed by atoms with E-state index in [0.717, 1.165) is 18.7 Å². The number of rotatable bonds is 6. The molecule has 19 heavy (non-hydrogen) atoms.